The predicted molar refractivity (Wildman–Crippen MR) is 107 cm³/mol. The van der Waals surface area contributed by atoms with E-state index in [0.29, 0.717) is 5.56 Å². The fraction of sp³-hybridized carbons (Fsp3) is 0.579. The van der Waals surface area contributed by atoms with Crippen LogP contribution in [0.15, 0.2) is 24.3 Å². The second kappa shape index (κ2) is 7.31. The lowest BCUT2D eigenvalue weighted by Crippen LogP contribution is -2.47. The Morgan fingerprint density at radius 3 is 2.28 bits per heavy atom. The maximum Gasteiger partial charge on any atom is 0.534 e. The number of rotatable bonds is 5. The molecule has 0 N–H and O–H groups in total. The molecule has 164 valence electrons. The molecule has 0 amide bonds. The van der Waals surface area contributed by atoms with Crippen LogP contribution in [-0.4, -0.2) is 34.5 Å². The molecule has 29 heavy (non-hydrogen) atoms. The van der Waals surface area contributed by atoms with Gasteiger partial charge in [-0.05, 0) is 43.6 Å². The van der Waals surface area contributed by atoms with Gasteiger partial charge in [-0.1, -0.05) is 32.9 Å². The molecule has 0 saturated heterocycles. The monoisotopic (exact) mass is 452 g/mol. The summed E-state index contributed by atoms with van der Waals surface area (Å²) in [6.07, 6.45) is 1.24. The first-order valence-electron chi connectivity index (χ1n) is 9.05. The highest BCUT2D eigenvalue weighted by atomic mass is 32.2. The zero-order valence-corrected chi connectivity index (χ0v) is 19.4. The molecule has 0 aromatic heterocycles. The van der Waals surface area contributed by atoms with Crippen molar-refractivity contribution >= 4 is 24.2 Å². The summed E-state index contributed by atoms with van der Waals surface area (Å²) < 4.78 is 78.6. The van der Waals surface area contributed by atoms with Crippen LogP contribution in [0.4, 0.5) is 13.2 Å². The standard InChI is InChI=1S/C19H27F3O5SSi/c1-13-9-8-10-14-15(27-28(23,24)19(20,21)22)11-18(5,26-16(13)14)12-25-29(6,7)17(2,3)4/h8-11H,12H2,1-7H3. The molecule has 0 saturated carbocycles. The average Bonchev–Trinajstić information content (AvgIpc) is 2.52. The summed E-state index contributed by atoms with van der Waals surface area (Å²) in [5.41, 5.74) is -5.96. The van der Waals surface area contributed by atoms with Crippen molar-refractivity contribution in [3.8, 4) is 5.75 Å². The SMILES string of the molecule is Cc1cccc2c1OC(C)(CO[Si](C)(C)C(C)(C)C)C=C2OS(=O)(=O)C(F)(F)F. The van der Waals surface area contributed by atoms with E-state index in [1.54, 1.807) is 26.0 Å². The number of para-hydroxylation sites is 1. The van der Waals surface area contributed by atoms with Crippen molar-refractivity contribution in [2.75, 3.05) is 6.61 Å². The number of hydrogen-bond donors (Lipinski definition) is 0. The van der Waals surface area contributed by atoms with Gasteiger partial charge in [0.2, 0.25) is 0 Å². The average molecular weight is 453 g/mol. The van der Waals surface area contributed by atoms with Gasteiger partial charge < -0.3 is 13.3 Å². The van der Waals surface area contributed by atoms with Crippen molar-refractivity contribution in [2.24, 2.45) is 0 Å². The van der Waals surface area contributed by atoms with Crippen molar-refractivity contribution in [2.45, 2.75) is 63.9 Å². The van der Waals surface area contributed by atoms with Gasteiger partial charge in [0.15, 0.2) is 19.7 Å². The molecule has 0 spiro atoms. The van der Waals surface area contributed by atoms with Gasteiger partial charge in [-0.2, -0.15) is 21.6 Å². The lowest BCUT2D eigenvalue weighted by atomic mass is 9.98. The van der Waals surface area contributed by atoms with Gasteiger partial charge in [-0.3, -0.25) is 0 Å². The number of hydrogen-bond acceptors (Lipinski definition) is 5. The van der Waals surface area contributed by atoms with E-state index in [4.69, 9.17) is 9.16 Å². The molecular formula is C19H27F3O5SSi. The first-order chi connectivity index (χ1) is 12.9. The highest BCUT2D eigenvalue weighted by Gasteiger charge is 2.50. The Kier molecular flexibility index (Phi) is 5.99. The van der Waals surface area contributed by atoms with Crippen LogP contribution >= 0.6 is 0 Å². The summed E-state index contributed by atoms with van der Waals surface area (Å²) in [7, 11) is -8.01. The molecule has 5 nitrogen and oxygen atoms in total. The molecule has 0 fully saturated rings. The second-order valence-electron chi connectivity index (χ2n) is 8.91. The smallest absolute Gasteiger partial charge is 0.480 e. The van der Waals surface area contributed by atoms with Crippen molar-refractivity contribution < 1.29 is 34.9 Å². The molecule has 1 heterocycles. The maximum absolute atomic E-state index is 12.9. The Morgan fingerprint density at radius 1 is 1.17 bits per heavy atom. The summed E-state index contributed by atoms with van der Waals surface area (Å²) in [6, 6.07) is 4.76. The molecule has 0 aliphatic carbocycles. The molecule has 0 bridgehead atoms. The Labute approximate surface area is 171 Å². The molecule has 0 radical (unpaired) electrons. The van der Waals surface area contributed by atoms with Crippen LogP contribution in [0.2, 0.25) is 18.1 Å². The third-order valence-corrected chi connectivity index (χ3v) is 10.7. The first kappa shape index (κ1) is 23.8. The Bertz CT molecular complexity index is 917. The molecule has 2 rings (SSSR count). The van der Waals surface area contributed by atoms with E-state index in [1.165, 1.54) is 12.1 Å². The summed E-state index contributed by atoms with van der Waals surface area (Å²) in [6.45, 7) is 13.6. The summed E-state index contributed by atoms with van der Waals surface area (Å²) in [4.78, 5) is 0. The minimum Gasteiger partial charge on any atom is -0.480 e. The molecule has 1 aromatic carbocycles. The summed E-state index contributed by atoms with van der Waals surface area (Å²) in [5, 5.41) is -0.0888. The van der Waals surface area contributed by atoms with Crippen LogP contribution in [-0.2, 0) is 18.7 Å². The van der Waals surface area contributed by atoms with Gasteiger partial charge >= 0.3 is 15.6 Å². The largest absolute Gasteiger partial charge is 0.534 e. The number of fused-ring (bicyclic) bond motifs is 1. The van der Waals surface area contributed by atoms with Gasteiger partial charge in [0.1, 0.15) is 5.75 Å². The van der Waals surface area contributed by atoms with Crippen molar-refractivity contribution in [3.05, 3.63) is 35.4 Å². The highest BCUT2D eigenvalue weighted by Crippen LogP contribution is 2.43. The van der Waals surface area contributed by atoms with Crippen LogP contribution in [0.25, 0.3) is 5.76 Å². The van der Waals surface area contributed by atoms with E-state index >= 15 is 0 Å². The van der Waals surface area contributed by atoms with Gasteiger partial charge in [0.25, 0.3) is 0 Å². The number of ether oxygens (including phenoxy) is 1. The van der Waals surface area contributed by atoms with E-state index < -0.39 is 35.3 Å². The van der Waals surface area contributed by atoms with E-state index in [2.05, 4.69) is 25.0 Å². The normalized spacial score (nSPS) is 20.6. The van der Waals surface area contributed by atoms with Crippen molar-refractivity contribution in [3.63, 3.8) is 0 Å². The fourth-order valence-corrected chi connectivity index (χ4v) is 3.99. The molecule has 1 unspecified atom stereocenters. The van der Waals surface area contributed by atoms with Crippen LogP contribution in [0.5, 0.6) is 5.75 Å². The summed E-state index contributed by atoms with van der Waals surface area (Å²) in [5.74, 6) is -0.155. The fourth-order valence-electron chi connectivity index (χ4n) is 2.45. The van der Waals surface area contributed by atoms with Gasteiger partial charge in [0, 0.05) is 6.08 Å². The van der Waals surface area contributed by atoms with Crippen molar-refractivity contribution in [1.82, 2.24) is 0 Å². The lowest BCUT2D eigenvalue weighted by Gasteiger charge is -2.40. The van der Waals surface area contributed by atoms with Gasteiger partial charge in [-0.15, -0.1) is 0 Å². The molecule has 1 aromatic rings. The van der Waals surface area contributed by atoms with Crippen molar-refractivity contribution in [1.29, 1.82) is 0 Å². The number of aryl methyl sites for hydroxylation is 1. The quantitative estimate of drug-likeness (QED) is 0.341. The van der Waals surface area contributed by atoms with Gasteiger partial charge in [0.05, 0.1) is 12.2 Å². The zero-order chi connectivity index (χ0) is 22.5. The highest BCUT2D eigenvalue weighted by molar-refractivity contribution is 7.87. The lowest BCUT2D eigenvalue weighted by molar-refractivity contribution is -0.0511. The first-order valence-corrected chi connectivity index (χ1v) is 13.4. The van der Waals surface area contributed by atoms with E-state index in [1.807, 2.05) is 13.1 Å². The molecular weight excluding hydrogens is 425 g/mol. The number of benzene rings is 1. The third kappa shape index (κ3) is 4.97. The number of alkyl halides is 3. The number of halogens is 3. The van der Waals surface area contributed by atoms with E-state index in [9.17, 15) is 21.6 Å². The molecule has 1 atom stereocenters. The Balaban J connectivity index is 2.47. The van der Waals surface area contributed by atoms with Crippen LogP contribution in [0.1, 0.15) is 38.8 Å². The third-order valence-electron chi connectivity index (χ3n) is 5.26. The maximum atomic E-state index is 12.9. The zero-order valence-electron chi connectivity index (χ0n) is 17.6. The van der Waals surface area contributed by atoms with E-state index in [-0.39, 0.29) is 23.0 Å². The van der Waals surface area contributed by atoms with Gasteiger partial charge in [-0.25, -0.2) is 0 Å². The Hall–Kier alpha value is -1.52. The predicted octanol–water partition coefficient (Wildman–Crippen LogP) is 5.38. The topological polar surface area (TPSA) is 61.8 Å². The molecule has 10 heteroatoms. The summed E-state index contributed by atoms with van der Waals surface area (Å²) >= 11 is 0. The Morgan fingerprint density at radius 2 is 1.76 bits per heavy atom. The minimum atomic E-state index is -5.83. The minimum absolute atomic E-state index is 0.0379. The molecule has 1 aliphatic rings. The molecule has 1 aliphatic heterocycles. The van der Waals surface area contributed by atoms with Crippen LogP contribution in [0.3, 0.4) is 0 Å². The van der Waals surface area contributed by atoms with E-state index in [0.717, 1.165) is 0 Å². The van der Waals surface area contributed by atoms with Crippen LogP contribution in [0, 0.1) is 6.92 Å². The van der Waals surface area contributed by atoms with Crippen LogP contribution < -0.4 is 4.74 Å². The second-order valence-corrected chi connectivity index (χ2v) is 15.3.